The van der Waals surface area contributed by atoms with Gasteiger partial charge < -0.3 is 0 Å². The molecule has 2 aromatic rings. The second-order valence-corrected chi connectivity index (χ2v) is 4.53. The summed E-state index contributed by atoms with van der Waals surface area (Å²) in [7, 11) is 0. The minimum absolute atomic E-state index is 0.109. The summed E-state index contributed by atoms with van der Waals surface area (Å²) in [6, 6.07) is 15.2. The topological polar surface area (TPSA) is 17.1 Å². The van der Waals surface area contributed by atoms with Crippen molar-refractivity contribution in [2.45, 2.75) is 4.83 Å². The Bertz CT molecular complexity index is 525. The maximum absolute atomic E-state index is 13.5. The lowest BCUT2D eigenvalue weighted by atomic mass is 10.0. The number of carbonyl (C=O) groups excluding carboxylic acids is 1. The van der Waals surface area contributed by atoms with E-state index in [9.17, 15) is 9.18 Å². The molecule has 1 atom stereocenters. The minimum Gasteiger partial charge on any atom is -0.292 e. The molecular weight excluding hydrogens is 283 g/mol. The Morgan fingerprint density at radius 2 is 1.59 bits per heavy atom. The highest BCUT2D eigenvalue weighted by molar-refractivity contribution is 9.09. The van der Waals surface area contributed by atoms with Crippen molar-refractivity contribution in [2.24, 2.45) is 0 Å². The number of hydrogen-bond donors (Lipinski definition) is 0. The molecule has 2 rings (SSSR count). The van der Waals surface area contributed by atoms with Crippen LogP contribution in [0.3, 0.4) is 0 Å². The van der Waals surface area contributed by atoms with Gasteiger partial charge in [-0.25, -0.2) is 4.39 Å². The molecule has 0 spiro atoms. The molecule has 1 unspecified atom stereocenters. The first-order valence-corrected chi connectivity index (χ1v) is 6.09. The van der Waals surface area contributed by atoms with E-state index in [-0.39, 0.29) is 11.3 Å². The molecule has 3 heteroatoms. The summed E-state index contributed by atoms with van der Waals surface area (Å²) in [5.41, 5.74) is 0.930. The fraction of sp³-hybridized carbons (Fsp3) is 0.0714. The van der Waals surface area contributed by atoms with Crippen LogP contribution < -0.4 is 0 Å². The van der Waals surface area contributed by atoms with Crippen LogP contribution in [0.2, 0.25) is 0 Å². The van der Waals surface area contributed by atoms with Gasteiger partial charge in [-0.2, -0.15) is 0 Å². The average Bonchev–Trinajstić information content (AvgIpc) is 2.39. The van der Waals surface area contributed by atoms with E-state index in [0.717, 1.165) is 5.56 Å². The zero-order valence-corrected chi connectivity index (χ0v) is 10.5. The SMILES string of the molecule is O=C(c1ccccc1F)C(Br)c1ccccc1. The molecule has 0 aliphatic rings. The zero-order chi connectivity index (χ0) is 12.3. The van der Waals surface area contributed by atoms with E-state index in [1.54, 1.807) is 12.1 Å². The third-order valence-corrected chi connectivity index (χ3v) is 3.41. The predicted octanol–water partition coefficient (Wildman–Crippen LogP) is 4.14. The van der Waals surface area contributed by atoms with E-state index in [0.29, 0.717) is 0 Å². The van der Waals surface area contributed by atoms with Gasteiger partial charge in [0.2, 0.25) is 0 Å². The van der Waals surface area contributed by atoms with Crippen LogP contribution in [0.15, 0.2) is 54.6 Å². The Kier molecular flexibility index (Phi) is 3.69. The summed E-state index contributed by atoms with van der Waals surface area (Å²) in [6.07, 6.45) is 0. The molecule has 1 nitrogen and oxygen atoms in total. The monoisotopic (exact) mass is 292 g/mol. The Morgan fingerprint density at radius 1 is 1.00 bits per heavy atom. The van der Waals surface area contributed by atoms with Crippen LogP contribution in [0.4, 0.5) is 4.39 Å². The summed E-state index contributed by atoms with van der Waals surface area (Å²) in [5.74, 6) is -0.757. The molecule has 0 bridgehead atoms. The minimum atomic E-state index is -0.513. The molecule has 0 radical (unpaired) electrons. The van der Waals surface area contributed by atoms with Crippen LogP contribution in [-0.4, -0.2) is 5.78 Å². The Hall–Kier alpha value is -1.48. The molecule has 17 heavy (non-hydrogen) atoms. The van der Waals surface area contributed by atoms with Crippen molar-refractivity contribution < 1.29 is 9.18 Å². The van der Waals surface area contributed by atoms with Gasteiger partial charge in [0.1, 0.15) is 10.6 Å². The van der Waals surface area contributed by atoms with Crippen LogP contribution in [0.5, 0.6) is 0 Å². The standard InChI is InChI=1S/C14H10BrFO/c15-13(10-6-2-1-3-7-10)14(17)11-8-4-5-9-12(11)16/h1-9,13H. The smallest absolute Gasteiger partial charge is 0.183 e. The number of ketones is 1. The first kappa shape index (κ1) is 12.0. The maximum Gasteiger partial charge on any atom is 0.183 e. The summed E-state index contributed by atoms with van der Waals surface area (Å²) < 4.78 is 13.5. The summed E-state index contributed by atoms with van der Waals surface area (Å²) in [6.45, 7) is 0. The molecule has 0 amide bonds. The number of benzene rings is 2. The Labute approximate surface area is 107 Å². The lowest BCUT2D eigenvalue weighted by molar-refractivity contribution is 0.0987. The number of alkyl halides is 1. The van der Waals surface area contributed by atoms with Gasteiger partial charge in [0.15, 0.2) is 5.78 Å². The van der Waals surface area contributed by atoms with Crippen molar-refractivity contribution in [3.8, 4) is 0 Å². The van der Waals surface area contributed by atoms with Crippen LogP contribution in [0.1, 0.15) is 20.7 Å². The van der Waals surface area contributed by atoms with E-state index >= 15 is 0 Å². The van der Waals surface area contributed by atoms with Gasteiger partial charge in [-0.3, -0.25) is 4.79 Å². The highest BCUT2D eigenvalue weighted by atomic mass is 79.9. The van der Waals surface area contributed by atoms with Gasteiger partial charge in [0.25, 0.3) is 0 Å². The molecule has 0 saturated carbocycles. The van der Waals surface area contributed by atoms with Crippen molar-refractivity contribution in [1.82, 2.24) is 0 Å². The molecule has 0 N–H and O–H groups in total. The van der Waals surface area contributed by atoms with Crippen LogP contribution >= 0.6 is 15.9 Å². The third-order valence-electron chi connectivity index (χ3n) is 2.46. The second-order valence-electron chi connectivity index (χ2n) is 3.62. The van der Waals surface area contributed by atoms with Gasteiger partial charge in [-0.1, -0.05) is 58.4 Å². The molecule has 0 heterocycles. The molecule has 0 saturated heterocycles. The first-order valence-electron chi connectivity index (χ1n) is 5.18. The quantitative estimate of drug-likeness (QED) is 0.614. The number of rotatable bonds is 3. The van der Waals surface area contributed by atoms with Crippen LogP contribution in [-0.2, 0) is 0 Å². The number of hydrogen-bond acceptors (Lipinski definition) is 1. The lowest BCUT2D eigenvalue weighted by Crippen LogP contribution is -2.08. The van der Waals surface area contributed by atoms with Crippen LogP contribution in [0.25, 0.3) is 0 Å². The average molecular weight is 293 g/mol. The van der Waals surface area contributed by atoms with Gasteiger partial charge in [0.05, 0.1) is 5.56 Å². The van der Waals surface area contributed by atoms with Crippen molar-refractivity contribution >= 4 is 21.7 Å². The first-order chi connectivity index (χ1) is 8.20. The van der Waals surface area contributed by atoms with E-state index < -0.39 is 10.6 Å². The maximum atomic E-state index is 13.5. The number of halogens is 2. The van der Waals surface area contributed by atoms with E-state index in [2.05, 4.69) is 15.9 Å². The molecule has 0 aliphatic heterocycles. The molecule has 0 aromatic heterocycles. The van der Waals surface area contributed by atoms with Crippen molar-refractivity contribution in [1.29, 1.82) is 0 Å². The van der Waals surface area contributed by atoms with Gasteiger partial charge in [-0.15, -0.1) is 0 Å². The molecular formula is C14H10BrFO. The van der Waals surface area contributed by atoms with Crippen molar-refractivity contribution in [3.05, 3.63) is 71.5 Å². The summed E-state index contributed by atoms with van der Waals surface area (Å²) in [5, 5.41) is 0. The highest BCUT2D eigenvalue weighted by Gasteiger charge is 2.21. The summed E-state index contributed by atoms with van der Waals surface area (Å²) in [4.78, 5) is 11.6. The molecule has 0 aliphatic carbocycles. The van der Waals surface area contributed by atoms with Gasteiger partial charge >= 0.3 is 0 Å². The van der Waals surface area contributed by atoms with Crippen molar-refractivity contribution in [3.63, 3.8) is 0 Å². The predicted molar refractivity (Wildman–Crippen MR) is 68.8 cm³/mol. The van der Waals surface area contributed by atoms with Crippen molar-refractivity contribution in [2.75, 3.05) is 0 Å². The molecule has 0 fully saturated rings. The Balaban J connectivity index is 2.30. The largest absolute Gasteiger partial charge is 0.292 e. The Morgan fingerprint density at radius 3 is 2.24 bits per heavy atom. The van der Waals surface area contributed by atoms with E-state index in [1.165, 1.54) is 12.1 Å². The number of Topliss-reactive ketones (excluding diaryl/α,β-unsaturated/α-hetero) is 1. The molecule has 2 aromatic carbocycles. The zero-order valence-electron chi connectivity index (χ0n) is 8.94. The number of carbonyl (C=O) groups is 1. The van der Waals surface area contributed by atoms with E-state index in [4.69, 9.17) is 0 Å². The van der Waals surface area contributed by atoms with Gasteiger partial charge in [-0.05, 0) is 17.7 Å². The lowest BCUT2D eigenvalue weighted by Gasteiger charge is -2.09. The fourth-order valence-corrected chi connectivity index (χ4v) is 2.12. The van der Waals surface area contributed by atoms with Gasteiger partial charge in [0, 0.05) is 0 Å². The fourth-order valence-electron chi connectivity index (χ4n) is 1.57. The normalized spacial score (nSPS) is 12.1. The third kappa shape index (κ3) is 2.61. The van der Waals surface area contributed by atoms with Crippen LogP contribution in [0, 0.1) is 5.82 Å². The second kappa shape index (κ2) is 5.23. The van der Waals surface area contributed by atoms with E-state index in [1.807, 2.05) is 30.3 Å². The summed E-state index contributed by atoms with van der Waals surface area (Å²) >= 11 is 3.31. The molecule has 86 valence electrons. The highest BCUT2D eigenvalue weighted by Crippen LogP contribution is 2.27.